The number of hydrogen-bond donors (Lipinski definition) is 0. The third-order valence-corrected chi connectivity index (χ3v) is 4.55. The number of aromatic nitrogens is 2. The van der Waals surface area contributed by atoms with Crippen LogP contribution in [-0.4, -0.2) is 39.7 Å². The minimum absolute atomic E-state index is 0.181. The number of morpholine rings is 1. The number of hydrogen-bond acceptors (Lipinski definition) is 5. The Morgan fingerprint density at radius 2 is 2.10 bits per heavy atom. The third kappa shape index (κ3) is 2.80. The van der Waals surface area contributed by atoms with Gasteiger partial charge in [0.15, 0.2) is 0 Å². The van der Waals surface area contributed by atoms with E-state index in [1.165, 1.54) is 0 Å². The molecule has 0 N–H and O–H groups in total. The number of alkyl halides is 1. The van der Waals surface area contributed by atoms with Crippen LogP contribution in [0.25, 0.3) is 11.0 Å². The second-order valence-electron chi connectivity index (χ2n) is 5.13. The maximum absolute atomic E-state index is 9.21. The summed E-state index contributed by atoms with van der Waals surface area (Å²) in [6.07, 6.45) is 3.70. The number of benzene rings is 1. The molecular weight excluding hydrogens is 379 g/mol. The van der Waals surface area contributed by atoms with E-state index in [0.717, 1.165) is 28.7 Å². The van der Waals surface area contributed by atoms with Gasteiger partial charge in [0.1, 0.15) is 17.1 Å². The summed E-state index contributed by atoms with van der Waals surface area (Å²) in [5, 5.41) is 9.21. The minimum Gasteiger partial charge on any atom is -0.371 e. The summed E-state index contributed by atoms with van der Waals surface area (Å²) < 4.78 is 6.86. The van der Waals surface area contributed by atoms with Crippen molar-refractivity contribution >= 4 is 39.3 Å². The molecule has 2 atom stereocenters. The second kappa shape index (κ2) is 6.12. The van der Waals surface area contributed by atoms with Crippen LogP contribution in [0.3, 0.4) is 0 Å². The lowest BCUT2D eigenvalue weighted by atomic mass is 10.1. The van der Waals surface area contributed by atoms with Gasteiger partial charge in [-0.3, -0.25) is 9.97 Å². The Kier molecular flexibility index (Phi) is 4.22. The largest absolute Gasteiger partial charge is 0.371 e. The van der Waals surface area contributed by atoms with Crippen molar-refractivity contribution < 1.29 is 4.74 Å². The van der Waals surface area contributed by atoms with Gasteiger partial charge in [0.2, 0.25) is 0 Å². The average Bonchev–Trinajstić information content (AvgIpc) is 2.53. The van der Waals surface area contributed by atoms with Gasteiger partial charge in [-0.25, -0.2) is 0 Å². The van der Waals surface area contributed by atoms with E-state index in [2.05, 4.69) is 50.5 Å². The first kappa shape index (κ1) is 14.5. The number of anilines is 1. The number of rotatable bonds is 2. The highest BCUT2D eigenvalue weighted by atomic mass is 127. The Morgan fingerprint density at radius 3 is 2.81 bits per heavy atom. The van der Waals surface area contributed by atoms with Gasteiger partial charge in [-0.1, -0.05) is 22.6 Å². The molecule has 1 saturated heterocycles. The monoisotopic (exact) mass is 394 g/mol. The van der Waals surface area contributed by atoms with Crippen molar-refractivity contribution in [2.75, 3.05) is 22.4 Å². The van der Waals surface area contributed by atoms with Gasteiger partial charge < -0.3 is 9.64 Å². The Bertz CT molecular complexity index is 700. The second-order valence-corrected chi connectivity index (χ2v) is 6.01. The van der Waals surface area contributed by atoms with Crippen molar-refractivity contribution in [3.8, 4) is 6.07 Å². The summed E-state index contributed by atoms with van der Waals surface area (Å²) in [6.45, 7) is 3.75. The fourth-order valence-electron chi connectivity index (χ4n) is 2.72. The summed E-state index contributed by atoms with van der Waals surface area (Å²) in [7, 11) is 0. The van der Waals surface area contributed by atoms with Crippen LogP contribution in [0.1, 0.15) is 12.5 Å². The third-order valence-electron chi connectivity index (χ3n) is 3.56. The number of ether oxygens (including phenoxy) is 1. The van der Waals surface area contributed by atoms with Crippen LogP contribution >= 0.6 is 22.6 Å². The first-order chi connectivity index (χ1) is 10.2. The van der Waals surface area contributed by atoms with E-state index in [-0.39, 0.29) is 12.2 Å². The predicted octanol–water partition coefficient (Wildman–Crippen LogP) is 2.53. The summed E-state index contributed by atoms with van der Waals surface area (Å²) in [5.74, 6) is 0. The fraction of sp³-hybridized carbons (Fsp3) is 0.400. The standard InChI is InChI=1S/C15H15IN4O/c1-10-8-20(9-12(6-16)21-10)13-3-2-11(7-17)14-15(13)19-5-4-18-14/h2-5,10,12H,6,8-9H2,1H3/t10-,12+/m1/s1. The lowest BCUT2D eigenvalue weighted by Crippen LogP contribution is -2.47. The highest BCUT2D eigenvalue weighted by molar-refractivity contribution is 14.1. The maximum atomic E-state index is 9.21. The number of nitriles is 1. The highest BCUT2D eigenvalue weighted by Gasteiger charge is 2.26. The number of halogens is 1. The van der Waals surface area contributed by atoms with Gasteiger partial charge in [-0.2, -0.15) is 5.26 Å². The molecule has 5 nitrogen and oxygen atoms in total. The first-order valence-electron chi connectivity index (χ1n) is 6.83. The molecule has 0 amide bonds. The number of fused-ring (bicyclic) bond motifs is 1. The first-order valence-corrected chi connectivity index (χ1v) is 8.35. The molecule has 0 bridgehead atoms. The summed E-state index contributed by atoms with van der Waals surface area (Å²) in [4.78, 5) is 11.1. The van der Waals surface area contributed by atoms with Crippen molar-refractivity contribution in [3.63, 3.8) is 0 Å². The number of nitrogens with zero attached hydrogens (tertiary/aromatic N) is 4. The lowest BCUT2D eigenvalue weighted by Gasteiger charge is -2.37. The molecule has 1 aliphatic rings. The molecular formula is C15H15IN4O. The average molecular weight is 394 g/mol. The highest BCUT2D eigenvalue weighted by Crippen LogP contribution is 2.28. The zero-order valence-electron chi connectivity index (χ0n) is 11.7. The molecule has 1 aliphatic heterocycles. The van der Waals surface area contributed by atoms with Crippen molar-refractivity contribution in [1.29, 1.82) is 5.26 Å². The smallest absolute Gasteiger partial charge is 0.113 e. The summed E-state index contributed by atoms with van der Waals surface area (Å²) in [6, 6.07) is 5.98. The van der Waals surface area contributed by atoms with E-state index in [4.69, 9.17) is 4.74 Å². The maximum Gasteiger partial charge on any atom is 0.113 e. The van der Waals surface area contributed by atoms with Crippen LogP contribution < -0.4 is 4.90 Å². The van der Waals surface area contributed by atoms with Crippen molar-refractivity contribution in [2.45, 2.75) is 19.1 Å². The van der Waals surface area contributed by atoms with E-state index in [0.29, 0.717) is 11.1 Å². The van der Waals surface area contributed by atoms with Crippen LogP contribution in [0, 0.1) is 11.3 Å². The van der Waals surface area contributed by atoms with E-state index in [1.54, 1.807) is 12.4 Å². The minimum atomic E-state index is 0.181. The molecule has 21 heavy (non-hydrogen) atoms. The lowest BCUT2D eigenvalue weighted by molar-refractivity contribution is -0.00101. The van der Waals surface area contributed by atoms with Crippen LogP contribution in [0.2, 0.25) is 0 Å². The van der Waals surface area contributed by atoms with E-state index < -0.39 is 0 Å². The molecule has 0 saturated carbocycles. The van der Waals surface area contributed by atoms with E-state index in [1.807, 2.05) is 12.1 Å². The van der Waals surface area contributed by atoms with Gasteiger partial charge in [-0.15, -0.1) is 0 Å². The van der Waals surface area contributed by atoms with Crippen LogP contribution in [0.15, 0.2) is 24.5 Å². The zero-order chi connectivity index (χ0) is 14.8. The Balaban J connectivity index is 2.07. The SMILES string of the molecule is C[C@@H]1CN(c2ccc(C#N)c3nccnc23)C[C@H](CI)O1. The molecule has 1 aromatic heterocycles. The normalized spacial score (nSPS) is 22.2. The zero-order valence-corrected chi connectivity index (χ0v) is 13.8. The van der Waals surface area contributed by atoms with Gasteiger partial charge in [-0.05, 0) is 19.1 Å². The van der Waals surface area contributed by atoms with Gasteiger partial charge in [0.05, 0.1) is 23.5 Å². The van der Waals surface area contributed by atoms with Gasteiger partial charge in [0.25, 0.3) is 0 Å². The molecule has 0 radical (unpaired) electrons. The van der Waals surface area contributed by atoms with E-state index in [9.17, 15) is 5.26 Å². The van der Waals surface area contributed by atoms with Crippen molar-refractivity contribution in [3.05, 3.63) is 30.1 Å². The van der Waals surface area contributed by atoms with Crippen LogP contribution in [-0.2, 0) is 4.74 Å². The van der Waals surface area contributed by atoms with Crippen molar-refractivity contribution in [1.82, 2.24) is 9.97 Å². The van der Waals surface area contributed by atoms with Crippen LogP contribution in [0.4, 0.5) is 5.69 Å². The molecule has 6 heteroatoms. The Hall–Kier alpha value is -1.46. The molecule has 1 fully saturated rings. The summed E-state index contributed by atoms with van der Waals surface area (Å²) >= 11 is 2.35. The molecule has 1 aromatic carbocycles. The molecule has 0 unspecified atom stereocenters. The molecule has 2 heterocycles. The quantitative estimate of drug-likeness (QED) is 0.579. The topological polar surface area (TPSA) is 62.0 Å². The van der Waals surface area contributed by atoms with Gasteiger partial charge in [0, 0.05) is 29.9 Å². The molecule has 0 aliphatic carbocycles. The van der Waals surface area contributed by atoms with Gasteiger partial charge >= 0.3 is 0 Å². The Labute approximate surface area is 137 Å². The predicted molar refractivity (Wildman–Crippen MR) is 89.7 cm³/mol. The molecule has 2 aromatic rings. The Morgan fingerprint density at radius 1 is 1.33 bits per heavy atom. The van der Waals surface area contributed by atoms with Crippen molar-refractivity contribution in [2.24, 2.45) is 0 Å². The van der Waals surface area contributed by atoms with E-state index >= 15 is 0 Å². The molecule has 108 valence electrons. The summed E-state index contributed by atoms with van der Waals surface area (Å²) in [5.41, 5.74) is 3.05. The molecule has 3 rings (SSSR count). The fourth-order valence-corrected chi connectivity index (χ4v) is 3.20. The van der Waals surface area contributed by atoms with Crippen LogP contribution in [0.5, 0.6) is 0 Å². The molecule has 0 spiro atoms.